The number of esters is 1. The third kappa shape index (κ3) is 3.94. The molecule has 0 amide bonds. The fourth-order valence-electron chi connectivity index (χ4n) is 1.42. The summed E-state index contributed by atoms with van der Waals surface area (Å²) in [6.45, 7) is 1.90. The van der Waals surface area contributed by atoms with Crippen molar-refractivity contribution in [3.63, 3.8) is 0 Å². The van der Waals surface area contributed by atoms with Crippen molar-refractivity contribution in [2.24, 2.45) is 5.92 Å². The Bertz CT molecular complexity index is 496. The molecule has 0 rings (SSSR count). The molecule has 1 atom stereocenters. The second-order valence-corrected chi connectivity index (χ2v) is 5.00. The highest BCUT2D eigenvalue weighted by Gasteiger charge is 2.80. The number of aliphatic carboxylic acids is 1. The van der Waals surface area contributed by atoms with Crippen LogP contribution in [0.15, 0.2) is 12.2 Å². The molecule has 0 fully saturated rings. The second-order valence-electron chi connectivity index (χ2n) is 5.00. The average molecular weight is 354 g/mol. The van der Waals surface area contributed by atoms with Crippen molar-refractivity contribution in [1.29, 1.82) is 0 Å². The molecule has 0 aliphatic heterocycles. The van der Waals surface area contributed by atoms with Gasteiger partial charge in [0.25, 0.3) is 0 Å². The largest absolute Gasteiger partial charge is 0.478 e. The molecule has 0 saturated carbocycles. The van der Waals surface area contributed by atoms with E-state index >= 15 is 0 Å². The number of carbonyl (C=O) groups is 2. The van der Waals surface area contributed by atoms with Crippen molar-refractivity contribution >= 4 is 11.9 Å². The molecule has 4 nitrogen and oxygen atoms in total. The minimum Gasteiger partial charge on any atom is -0.478 e. The Morgan fingerprint density at radius 3 is 1.70 bits per heavy atom. The molecule has 0 bridgehead atoms. The van der Waals surface area contributed by atoms with Gasteiger partial charge in [-0.05, 0) is 12.8 Å². The predicted octanol–water partition coefficient (Wildman–Crippen LogP) is 3.42. The number of ether oxygens (including phenoxy) is 1. The average Bonchev–Trinajstić information content (AvgIpc) is 2.34. The third-order valence-corrected chi connectivity index (χ3v) is 3.15. The van der Waals surface area contributed by atoms with E-state index in [0.29, 0.717) is 0 Å². The number of hydrogen-bond acceptors (Lipinski definition) is 3. The molecular weight excluding hydrogens is 341 g/mol. The van der Waals surface area contributed by atoms with Crippen molar-refractivity contribution in [2.75, 3.05) is 0 Å². The van der Waals surface area contributed by atoms with Gasteiger partial charge in [0.05, 0.1) is 0 Å². The van der Waals surface area contributed by atoms with E-state index in [-0.39, 0.29) is 19.1 Å². The summed E-state index contributed by atoms with van der Waals surface area (Å²) in [5.41, 5.74) is -3.55. The first-order valence-corrected chi connectivity index (χ1v) is 5.97. The summed E-state index contributed by atoms with van der Waals surface area (Å²) in [5, 5.41) is 8.25. The van der Waals surface area contributed by atoms with Crippen molar-refractivity contribution in [2.45, 2.75) is 44.4 Å². The first kappa shape index (κ1) is 21.2. The first-order chi connectivity index (χ1) is 10.0. The van der Waals surface area contributed by atoms with Gasteiger partial charge in [-0.15, -0.1) is 0 Å². The molecule has 1 N–H and O–H groups in total. The number of carbonyl (C=O) groups excluding carboxylic acids is 1. The Labute approximate surface area is 125 Å². The van der Waals surface area contributed by atoms with Gasteiger partial charge in [-0.25, -0.2) is 9.59 Å². The molecule has 11 heteroatoms. The van der Waals surface area contributed by atoms with Gasteiger partial charge in [-0.3, -0.25) is 0 Å². The Morgan fingerprint density at radius 1 is 0.957 bits per heavy atom. The number of alkyl halides is 7. The van der Waals surface area contributed by atoms with E-state index in [2.05, 4.69) is 4.74 Å². The summed E-state index contributed by atoms with van der Waals surface area (Å²) < 4.78 is 94.9. The zero-order chi connectivity index (χ0) is 18.9. The smallest absolute Gasteiger partial charge is 0.460 e. The Kier molecular flexibility index (Phi) is 5.86. The quantitative estimate of drug-likeness (QED) is 0.451. The predicted molar refractivity (Wildman–Crippen MR) is 62.1 cm³/mol. The van der Waals surface area contributed by atoms with Crippen molar-refractivity contribution in [1.82, 2.24) is 0 Å². The standard InChI is InChI=1S/C12H13F7O4/c1-6(2)9(3,23-8(22)5-4-7(20)21)10(13,14)11(15,16)12(17,18)19/h4-6H,1-3H3,(H,20,21)/b5-4-. The number of carboxylic acids is 1. The Balaban J connectivity index is 5.86. The molecule has 0 aliphatic rings. The van der Waals surface area contributed by atoms with E-state index in [9.17, 15) is 40.3 Å². The maximum Gasteiger partial charge on any atom is 0.460 e. The van der Waals surface area contributed by atoms with E-state index in [1.165, 1.54) is 0 Å². The first-order valence-electron chi connectivity index (χ1n) is 5.97. The normalized spacial score (nSPS) is 16.5. The molecule has 0 heterocycles. The van der Waals surface area contributed by atoms with Crippen LogP contribution in [-0.2, 0) is 14.3 Å². The Hall–Kier alpha value is -1.81. The van der Waals surface area contributed by atoms with Gasteiger partial charge < -0.3 is 9.84 Å². The van der Waals surface area contributed by atoms with Crippen molar-refractivity contribution in [3.05, 3.63) is 12.2 Å². The van der Waals surface area contributed by atoms with Gasteiger partial charge in [0.1, 0.15) is 0 Å². The van der Waals surface area contributed by atoms with Crippen LogP contribution in [0.2, 0.25) is 0 Å². The lowest BCUT2D eigenvalue weighted by atomic mass is 9.82. The van der Waals surface area contributed by atoms with Crippen LogP contribution in [0.3, 0.4) is 0 Å². The monoisotopic (exact) mass is 354 g/mol. The molecule has 0 saturated heterocycles. The lowest BCUT2D eigenvalue weighted by Crippen LogP contribution is -2.66. The topological polar surface area (TPSA) is 63.6 Å². The number of halogens is 7. The zero-order valence-electron chi connectivity index (χ0n) is 12.0. The van der Waals surface area contributed by atoms with Crippen LogP contribution < -0.4 is 0 Å². The summed E-state index contributed by atoms with van der Waals surface area (Å²) in [4.78, 5) is 21.4. The minimum absolute atomic E-state index is 0.116. The van der Waals surface area contributed by atoms with E-state index in [4.69, 9.17) is 5.11 Å². The van der Waals surface area contributed by atoms with E-state index in [0.717, 1.165) is 13.8 Å². The van der Waals surface area contributed by atoms with Crippen LogP contribution in [0.25, 0.3) is 0 Å². The van der Waals surface area contributed by atoms with Gasteiger partial charge >= 0.3 is 30.0 Å². The van der Waals surface area contributed by atoms with E-state index < -0.39 is 41.5 Å². The van der Waals surface area contributed by atoms with Crippen LogP contribution in [0.1, 0.15) is 20.8 Å². The van der Waals surface area contributed by atoms with Crippen LogP contribution in [0.5, 0.6) is 0 Å². The van der Waals surface area contributed by atoms with Gasteiger partial charge in [-0.2, -0.15) is 30.7 Å². The summed E-state index contributed by atoms with van der Waals surface area (Å²) in [6.07, 6.45) is -6.32. The lowest BCUT2D eigenvalue weighted by molar-refractivity contribution is -0.390. The molecule has 0 radical (unpaired) electrons. The van der Waals surface area contributed by atoms with E-state index in [1.54, 1.807) is 0 Å². The summed E-state index contributed by atoms with van der Waals surface area (Å²) in [5.74, 6) is -17.4. The Morgan fingerprint density at radius 2 is 1.39 bits per heavy atom. The van der Waals surface area contributed by atoms with Gasteiger partial charge in [-0.1, -0.05) is 13.8 Å². The SMILES string of the molecule is CC(C)C(C)(OC(=O)/C=C\C(=O)O)C(F)(F)C(F)(F)C(F)(F)F. The number of rotatable bonds is 6. The molecule has 0 aromatic rings. The maximum atomic E-state index is 13.9. The molecule has 1 unspecified atom stereocenters. The highest BCUT2D eigenvalue weighted by molar-refractivity contribution is 5.90. The zero-order valence-corrected chi connectivity index (χ0v) is 12.0. The molecule has 0 aromatic carbocycles. The van der Waals surface area contributed by atoms with Gasteiger partial charge in [0, 0.05) is 12.2 Å². The fourth-order valence-corrected chi connectivity index (χ4v) is 1.42. The molecule has 134 valence electrons. The highest BCUT2D eigenvalue weighted by Crippen LogP contribution is 2.54. The molecular formula is C12H13F7O4. The van der Waals surface area contributed by atoms with Crippen LogP contribution in [0, 0.1) is 5.92 Å². The van der Waals surface area contributed by atoms with Gasteiger partial charge in [0.15, 0.2) is 5.60 Å². The summed E-state index contributed by atoms with van der Waals surface area (Å²) in [7, 11) is 0. The molecule has 0 aromatic heterocycles. The number of carboxylic acid groups (broad SMARTS) is 1. The number of hydrogen-bond donors (Lipinski definition) is 1. The summed E-state index contributed by atoms with van der Waals surface area (Å²) >= 11 is 0. The molecule has 23 heavy (non-hydrogen) atoms. The van der Waals surface area contributed by atoms with Crippen molar-refractivity contribution in [3.8, 4) is 0 Å². The summed E-state index contributed by atoms with van der Waals surface area (Å²) in [6, 6.07) is 0. The van der Waals surface area contributed by atoms with Gasteiger partial charge in [0.2, 0.25) is 0 Å². The van der Waals surface area contributed by atoms with Crippen LogP contribution in [-0.4, -0.2) is 40.7 Å². The molecule has 0 spiro atoms. The third-order valence-electron chi connectivity index (χ3n) is 3.15. The maximum absolute atomic E-state index is 13.9. The molecule has 0 aliphatic carbocycles. The second kappa shape index (κ2) is 6.36. The lowest BCUT2D eigenvalue weighted by Gasteiger charge is -2.43. The van der Waals surface area contributed by atoms with Crippen LogP contribution in [0.4, 0.5) is 30.7 Å². The fraction of sp³-hybridized carbons (Fsp3) is 0.667. The highest BCUT2D eigenvalue weighted by atomic mass is 19.4. The van der Waals surface area contributed by atoms with E-state index in [1.807, 2.05) is 0 Å². The van der Waals surface area contributed by atoms with Crippen molar-refractivity contribution < 1.29 is 50.2 Å². The minimum atomic E-state index is -6.59. The van der Waals surface area contributed by atoms with Crippen LogP contribution >= 0.6 is 0 Å².